The predicted octanol–water partition coefficient (Wildman–Crippen LogP) is 3.34. The minimum absolute atomic E-state index is 0.910. The van der Waals surface area contributed by atoms with Gasteiger partial charge in [0.1, 0.15) is 0 Å². The van der Waals surface area contributed by atoms with Crippen LogP contribution in [0.25, 0.3) is 0 Å². The van der Waals surface area contributed by atoms with Crippen molar-refractivity contribution in [3.63, 3.8) is 0 Å². The molecule has 1 nitrogen and oxygen atoms in total. The summed E-state index contributed by atoms with van der Waals surface area (Å²) in [7, 11) is 0. The zero-order valence-electron chi connectivity index (χ0n) is 7.86. The van der Waals surface area contributed by atoms with Crippen LogP contribution in [-0.4, -0.2) is 11.9 Å². The van der Waals surface area contributed by atoms with Gasteiger partial charge in [-0.05, 0) is 17.7 Å². The Balaban J connectivity index is 2.21. The Morgan fingerprint density at radius 2 is 2.00 bits per heavy atom. The number of anilines is 1. The van der Waals surface area contributed by atoms with Crippen LogP contribution in [0.3, 0.4) is 0 Å². The SMILES string of the molecule is BrCC1=CN(c2ccccc2)CC=C1. The minimum atomic E-state index is 0.910. The number of allylic oxidation sites excluding steroid dienone is 2. The van der Waals surface area contributed by atoms with E-state index in [1.807, 2.05) is 6.07 Å². The Kier molecular flexibility index (Phi) is 3.04. The molecule has 1 aliphatic rings. The summed E-state index contributed by atoms with van der Waals surface area (Å²) in [6.07, 6.45) is 6.53. The van der Waals surface area contributed by atoms with E-state index >= 15 is 0 Å². The fourth-order valence-electron chi connectivity index (χ4n) is 1.49. The molecule has 2 heteroatoms. The lowest BCUT2D eigenvalue weighted by Crippen LogP contribution is -2.19. The third-order valence-electron chi connectivity index (χ3n) is 2.20. The highest BCUT2D eigenvalue weighted by Gasteiger charge is 2.05. The Bertz CT molecular complexity index is 354. The third-order valence-corrected chi connectivity index (χ3v) is 2.85. The van der Waals surface area contributed by atoms with Gasteiger partial charge >= 0.3 is 0 Å². The molecule has 0 radical (unpaired) electrons. The first-order valence-corrected chi connectivity index (χ1v) is 5.77. The van der Waals surface area contributed by atoms with Crippen LogP contribution in [0.2, 0.25) is 0 Å². The molecule has 0 unspecified atom stereocenters. The molecule has 0 N–H and O–H groups in total. The third kappa shape index (κ3) is 2.07. The Morgan fingerprint density at radius 1 is 1.21 bits per heavy atom. The van der Waals surface area contributed by atoms with Crippen LogP contribution >= 0.6 is 15.9 Å². The number of hydrogen-bond donors (Lipinski definition) is 0. The van der Waals surface area contributed by atoms with Crippen molar-refractivity contribution in [2.75, 3.05) is 16.8 Å². The highest BCUT2D eigenvalue weighted by molar-refractivity contribution is 9.09. The van der Waals surface area contributed by atoms with Gasteiger partial charge in [-0.25, -0.2) is 0 Å². The van der Waals surface area contributed by atoms with Gasteiger partial charge in [-0.2, -0.15) is 0 Å². The number of para-hydroxylation sites is 1. The zero-order valence-corrected chi connectivity index (χ0v) is 9.44. The average molecular weight is 250 g/mol. The summed E-state index contributed by atoms with van der Waals surface area (Å²) in [4.78, 5) is 2.25. The maximum atomic E-state index is 3.46. The summed E-state index contributed by atoms with van der Waals surface area (Å²) >= 11 is 3.46. The van der Waals surface area contributed by atoms with E-state index < -0.39 is 0 Å². The van der Waals surface area contributed by atoms with Crippen molar-refractivity contribution in [3.8, 4) is 0 Å². The van der Waals surface area contributed by atoms with E-state index in [0.717, 1.165) is 11.9 Å². The number of halogens is 1. The summed E-state index contributed by atoms with van der Waals surface area (Å²) in [5.41, 5.74) is 2.55. The molecule has 0 amide bonds. The maximum absolute atomic E-state index is 3.46. The van der Waals surface area contributed by atoms with Gasteiger partial charge in [0.2, 0.25) is 0 Å². The van der Waals surface area contributed by atoms with Crippen molar-refractivity contribution >= 4 is 21.6 Å². The smallest absolute Gasteiger partial charge is 0.0409 e. The van der Waals surface area contributed by atoms with E-state index in [-0.39, 0.29) is 0 Å². The maximum Gasteiger partial charge on any atom is 0.0409 e. The number of benzene rings is 1. The normalized spacial score (nSPS) is 15.5. The number of rotatable bonds is 2. The van der Waals surface area contributed by atoms with E-state index in [9.17, 15) is 0 Å². The molecule has 0 saturated heterocycles. The molecule has 1 aliphatic heterocycles. The van der Waals surface area contributed by atoms with Crippen LogP contribution in [-0.2, 0) is 0 Å². The largest absolute Gasteiger partial charge is 0.344 e. The molecule has 1 aromatic carbocycles. The van der Waals surface area contributed by atoms with Gasteiger partial charge in [0.15, 0.2) is 0 Å². The monoisotopic (exact) mass is 249 g/mol. The Hall–Kier alpha value is -1.02. The molecule has 14 heavy (non-hydrogen) atoms. The van der Waals surface area contributed by atoms with Crippen molar-refractivity contribution < 1.29 is 0 Å². The molecule has 0 aromatic heterocycles. The molecule has 72 valence electrons. The summed E-state index contributed by atoms with van der Waals surface area (Å²) in [6.45, 7) is 0.959. The van der Waals surface area contributed by atoms with Gasteiger partial charge in [0.05, 0.1) is 0 Å². The lowest BCUT2D eigenvalue weighted by molar-refractivity contribution is 1.05. The van der Waals surface area contributed by atoms with E-state index in [0.29, 0.717) is 0 Å². The van der Waals surface area contributed by atoms with Crippen molar-refractivity contribution in [3.05, 3.63) is 54.3 Å². The van der Waals surface area contributed by atoms with E-state index in [4.69, 9.17) is 0 Å². The second kappa shape index (κ2) is 4.47. The quantitative estimate of drug-likeness (QED) is 0.727. The molecule has 0 fully saturated rings. The van der Waals surface area contributed by atoms with Crippen LogP contribution in [0.15, 0.2) is 54.3 Å². The lowest BCUT2D eigenvalue weighted by Gasteiger charge is -2.22. The van der Waals surface area contributed by atoms with Crippen LogP contribution < -0.4 is 4.90 Å². The molecule has 2 rings (SSSR count). The fourth-order valence-corrected chi connectivity index (χ4v) is 1.82. The summed E-state index contributed by atoms with van der Waals surface area (Å²) in [5.74, 6) is 0. The van der Waals surface area contributed by atoms with Gasteiger partial charge in [-0.1, -0.05) is 46.3 Å². The summed E-state index contributed by atoms with van der Waals surface area (Å²) < 4.78 is 0. The zero-order chi connectivity index (χ0) is 9.80. The predicted molar refractivity (Wildman–Crippen MR) is 64.8 cm³/mol. The fraction of sp³-hybridized carbons (Fsp3) is 0.167. The average Bonchev–Trinajstić information content (AvgIpc) is 2.30. The first kappa shape index (κ1) is 9.53. The molecule has 0 atom stereocenters. The van der Waals surface area contributed by atoms with E-state index in [2.05, 4.69) is 63.4 Å². The van der Waals surface area contributed by atoms with Gasteiger partial charge in [0, 0.05) is 23.8 Å². The van der Waals surface area contributed by atoms with Crippen LogP contribution in [0, 0.1) is 0 Å². The molecule has 0 saturated carbocycles. The van der Waals surface area contributed by atoms with Crippen molar-refractivity contribution in [1.29, 1.82) is 0 Å². The summed E-state index contributed by atoms with van der Waals surface area (Å²) in [6, 6.07) is 10.4. The van der Waals surface area contributed by atoms with Gasteiger partial charge in [-0.15, -0.1) is 0 Å². The molecule has 0 aliphatic carbocycles. The second-order valence-electron chi connectivity index (χ2n) is 3.23. The van der Waals surface area contributed by atoms with Crippen LogP contribution in [0.5, 0.6) is 0 Å². The Labute approximate surface area is 92.9 Å². The standard InChI is InChI=1S/C12H12BrN/c13-9-11-5-4-8-14(10-11)12-6-2-1-3-7-12/h1-7,10H,8-9H2. The van der Waals surface area contributed by atoms with Crippen molar-refractivity contribution in [1.82, 2.24) is 0 Å². The summed E-state index contributed by atoms with van der Waals surface area (Å²) in [5, 5.41) is 0.910. The van der Waals surface area contributed by atoms with Gasteiger partial charge in [0.25, 0.3) is 0 Å². The van der Waals surface area contributed by atoms with Crippen LogP contribution in [0.4, 0.5) is 5.69 Å². The highest BCUT2D eigenvalue weighted by atomic mass is 79.9. The van der Waals surface area contributed by atoms with E-state index in [1.165, 1.54) is 11.3 Å². The van der Waals surface area contributed by atoms with Crippen LogP contribution in [0.1, 0.15) is 0 Å². The minimum Gasteiger partial charge on any atom is -0.344 e. The molecule has 0 bridgehead atoms. The highest BCUT2D eigenvalue weighted by Crippen LogP contribution is 2.18. The molecular formula is C12H12BrN. The van der Waals surface area contributed by atoms with Gasteiger partial charge in [-0.3, -0.25) is 0 Å². The van der Waals surface area contributed by atoms with Crippen molar-refractivity contribution in [2.45, 2.75) is 0 Å². The topological polar surface area (TPSA) is 3.24 Å². The first-order valence-electron chi connectivity index (χ1n) is 4.65. The molecule has 0 spiro atoms. The molecular weight excluding hydrogens is 238 g/mol. The molecule has 1 aromatic rings. The number of hydrogen-bond acceptors (Lipinski definition) is 1. The Morgan fingerprint density at radius 3 is 2.71 bits per heavy atom. The van der Waals surface area contributed by atoms with Gasteiger partial charge < -0.3 is 4.90 Å². The van der Waals surface area contributed by atoms with E-state index in [1.54, 1.807) is 0 Å². The van der Waals surface area contributed by atoms with Crippen molar-refractivity contribution in [2.24, 2.45) is 0 Å². The number of alkyl halides is 1. The second-order valence-corrected chi connectivity index (χ2v) is 3.79. The first-order chi connectivity index (χ1) is 6.90. The molecule has 1 heterocycles. The number of nitrogens with zero attached hydrogens (tertiary/aromatic N) is 1. The lowest BCUT2D eigenvalue weighted by atomic mass is 10.2.